The van der Waals surface area contributed by atoms with E-state index in [-0.39, 0.29) is 5.91 Å². The molecule has 4 rings (SSSR count). The first kappa shape index (κ1) is 20.8. The van der Waals surface area contributed by atoms with Crippen LogP contribution in [0.3, 0.4) is 0 Å². The molecule has 0 fully saturated rings. The third kappa shape index (κ3) is 4.22. The van der Waals surface area contributed by atoms with Crippen molar-refractivity contribution >= 4 is 22.5 Å². The maximum absolute atomic E-state index is 13.5. The number of pyridine rings is 1. The fraction of sp³-hybridized carbons (Fsp3) is 0.214. The predicted molar refractivity (Wildman–Crippen MR) is 130 cm³/mol. The van der Waals surface area contributed by atoms with Gasteiger partial charge in [-0.15, -0.1) is 0 Å². The number of carbonyl (C=O) groups excluding carboxylic acids is 1. The van der Waals surface area contributed by atoms with Crippen LogP contribution in [0.5, 0.6) is 0 Å². The first-order chi connectivity index (χ1) is 15.1. The van der Waals surface area contributed by atoms with Gasteiger partial charge in [0.05, 0.1) is 16.8 Å². The maximum atomic E-state index is 13.5. The minimum Gasteiger partial charge on any atom is -0.321 e. The molecule has 0 unspecified atom stereocenters. The fourth-order valence-electron chi connectivity index (χ4n) is 4.01. The van der Waals surface area contributed by atoms with Crippen molar-refractivity contribution in [1.29, 1.82) is 0 Å². The van der Waals surface area contributed by atoms with Crippen molar-refractivity contribution in [2.24, 2.45) is 0 Å². The van der Waals surface area contributed by atoms with E-state index < -0.39 is 0 Å². The number of aromatic nitrogens is 1. The summed E-state index contributed by atoms with van der Waals surface area (Å²) in [7, 11) is 0. The van der Waals surface area contributed by atoms with E-state index in [1.807, 2.05) is 30.3 Å². The summed E-state index contributed by atoms with van der Waals surface area (Å²) in [6.07, 6.45) is 2.74. The van der Waals surface area contributed by atoms with Gasteiger partial charge in [0, 0.05) is 16.6 Å². The molecule has 0 radical (unpaired) electrons. The number of fused-ring (bicyclic) bond motifs is 1. The lowest BCUT2D eigenvalue weighted by atomic mass is 10.0. The van der Waals surface area contributed by atoms with Crippen LogP contribution in [0.1, 0.15) is 47.8 Å². The second-order valence-electron chi connectivity index (χ2n) is 7.74. The first-order valence-corrected chi connectivity index (χ1v) is 11.1. The Morgan fingerprint density at radius 2 is 1.48 bits per heavy atom. The van der Waals surface area contributed by atoms with Gasteiger partial charge in [0.1, 0.15) is 0 Å². The van der Waals surface area contributed by atoms with E-state index in [0.717, 1.165) is 58.2 Å². The van der Waals surface area contributed by atoms with E-state index in [0.29, 0.717) is 5.56 Å². The molecule has 1 N–H and O–H groups in total. The highest BCUT2D eigenvalue weighted by molar-refractivity contribution is 6.13. The van der Waals surface area contributed by atoms with Crippen LogP contribution in [0, 0.1) is 0 Å². The highest BCUT2D eigenvalue weighted by Gasteiger charge is 2.16. The van der Waals surface area contributed by atoms with Crippen LogP contribution in [0.25, 0.3) is 22.2 Å². The van der Waals surface area contributed by atoms with Crippen LogP contribution >= 0.6 is 0 Å². The molecule has 1 heterocycles. The number of para-hydroxylation sites is 2. The molecule has 1 aromatic heterocycles. The number of aryl methyl sites for hydroxylation is 3. The highest BCUT2D eigenvalue weighted by atomic mass is 16.1. The van der Waals surface area contributed by atoms with E-state index in [1.165, 1.54) is 5.56 Å². The Balaban J connectivity index is 1.80. The summed E-state index contributed by atoms with van der Waals surface area (Å²) in [5.41, 5.74) is 7.82. The zero-order valence-corrected chi connectivity index (χ0v) is 18.4. The third-order valence-corrected chi connectivity index (χ3v) is 5.86. The van der Waals surface area contributed by atoms with Crippen molar-refractivity contribution in [3.63, 3.8) is 0 Å². The van der Waals surface area contributed by atoms with Crippen molar-refractivity contribution in [3.05, 3.63) is 95.1 Å². The number of carbonyl (C=O) groups is 1. The molecule has 0 spiro atoms. The summed E-state index contributed by atoms with van der Waals surface area (Å²) in [4.78, 5) is 18.3. The molecular weight excluding hydrogens is 380 g/mol. The summed E-state index contributed by atoms with van der Waals surface area (Å²) in [5.74, 6) is -0.0966. The van der Waals surface area contributed by atoms with Crippen LogP contribution in [-0.2, 0) is 19.3 Å². The normalized spacial score (nSPS) is 10.9. The van der Waals surface area contributed by atoms with Gasteiger partial charge in [-0.05, 0) is 48.1 Å². The molecule has 1 amide bonds. The smallest absolute Gasteiger partial charge is 0.256 e. The van der Waals surface area contributed by atoms with Crippen molar-refractivity contribution < 1.29 is 4.79 Å². The number of nitrogens with one attached hydrogen (secondary N) is 1. The average molecular weight is 409 g/mol. The Labute approximate surface area is 184 Å². The van der Waals surface area contributed by atoms with Crippen LogP contribution in [-0.4, -0.2) is 10.9 Å². The van der Waals surface area contributed by atoms with Gasteiger partial charge >= 0.3 is 0 Å². The van der Waals surface area contributed by atoms with Gasteiger partial charge in [-0.3, -0.25) is 4.79 Å². The summed E-state index contributed by atoms with van der Waals surface area (Å²) in [5, 5.41) is 4.08. The molecule has 156 valence electrons. The fourth-order valence-corrected chi connectivity index (χ4v) is 4.01. The zero-order chi connectivity index (χ0) is 21.8. The standard InChI is InChI=1S/C28H28N2O/c1-4-19-14-16-22(17-15-19)26-18-24(23-12-7-8-13-25(23)29-26)28(31)30-27-20(5-2)10-9-11-21(27)6-3/h7-18H,4-6H2,1-3H3,(H,30,31). The van der Waals surface area contributed by atoms with Gasteiger partial charge in [-0.1, -0.05) is 81.4 Å². The zero-order valence-electron chi connectivity index (χ0n) is 18.4. The summed E-state index contributed by atoms with van der Waals surface area (Å²) < 4.78 is 0. The minimum atomic E-state index is -0.0966. The monoisotopic (exact) mass is 408 g/mol. The third-order valence-electron chi connectivity index (χ3n) is 5.86. The summed E-state index contributed by atoms with van der Waals surface area (Å²) in [6, 6.07) is 24.4. The second-order valence-corrected chi connectivity index (χ2v) is 7.74. The lowest BCUT2D eigenvalue weighted by Gasteiger charge is -2.16. The SMILES string of the molecule is CCc1ccc(-c2cc(C(=O)Nc3c(CC)cccc3CC)c3ccccc3n2)cc1. The largest absolute Gasteiger partial charge is 0.321 e. The number of rotatable bonds is 6. The Bertz CT molecular complexity index is 1200. The van der Waals surface area contributed by atoms with E-state index in [9.17, 15) is 4.79 Å². The molecule has 0 saturated heterocycles. The molecule has 3 heteroatoms. The summed E-state index contributed by atoms with van der Waals surface area (Å²) >= 11 is 0. The number of nitrogens with zero attached hydrogens (tertiary/aromatic N) is 1. The second kappa shape index (κ2) is 9.13. The number of amides is 1. The molecule has 0 atom stereocenters. The molecule has 0 aliphatic rings. The Hall–Kier alpha value is -3.46. The molecule has 0 bridgehead atoms. The van der Waals surface area contributed by atoms with Crippen LogP contribution in [0.4, 0.5) is 5.69 Å². The maximum Gasteiger partial charge on any atom is 0.256 e. The molecule has 3 nitrogen and oxygen atoms in total. The number of anilines is 1. The molecule has 0 saturated carbocycles. The van der Waals surface area contributed by atoms with Gasteiger partial charge in [0.15, 0.2) is 0 Å². The Morgan fingerprint density at radius 1 is 0.806 bits per heavy atom. The van der Waals surface area contributed by atoms with Crippen molar-refractivity contribution in [3.8, 4) is 11.3 Å². The van der Waals surface area contributed by atoms with E-state index in [1.54, 1.807) is 0 Å². The molecule has 0 aliphatic heterocycles. The molecule has 31 heavy (non-hydrogen) atoms. The average Bonchev–Trinajstić information content (AvgIpc) is 2.83. The minimum absolute atomic E-state index is 0.0966. The Morgan fingerprint density at radius 3 is 2.13 bits per heavy atom. The molecule has 0 aliphatic carbocycles. The van der Waals surface area contributed by atoms with Crippen molar-refractivity contribution in [2.75, 3.05) is 5.32 Å². The predicted octanol–water partition coefficient (Wildman–Crippen LogP) is 6.84. The van der Waals surface area contributed by atoms with Gasteiger partial charge < -0.3 is 5.32 Å². The summed E-state index contributed by atoms with van der Waals surface area (Å²) in [6.45, 7) is 6.37. The number of hydrogen-bond acceptors (Lipinski definition) is 2. The van der Waals surface area contributed by atoms with E-state index in [2.05, 4.69) is 68.6 Å². The van der Waals surface area contributed by atoms with Crippen LogP contribution < -0.4 is 5.32 Å². The van der Waals surface area contributed by atoms with Crippen LogP contribution in [0.15, 0.2) is 72.8 Å². The highest BCUT2D eigenvalue weighted by Crippen LogP contribution is 2.28. The van der Waals surface area contributed by atoms with Crippen LogP contribution in [0.2, 0.25) is 0 Å². The number of hydrogen-bond donors (Lipinski definition) is 1. The number of benzene rings is 3. The quantitative estimate of drug-likeness (QED) is 0.379. The van der Waals surface area contributed by atoms with Gasteiger partial charge in [-0.25, -0.2) is 4.98 Å². The van der Waals surface area contributed by atoms with E-state index >= 15 is 0 Å². The van der Waals surface area contributed by atoms with Gasteiger partial charge in [0.2, 0.25) is 0 Å². The lowest BCUT2D eigenvalue weighted by molar-refractivity contribution is 0.102. The molecule has 4 aromatic rings. The lowest BCUT2D eigenvalue weighted by Crippen LogP contribution is -2.16. The first-order valence-electron chi connectivity index (χ1n) is 11.1. The van der Waals surface area contributed by atoms with E-state index in [4.69, 9.17) is 4.98 Å². The topological polar surface area (TPSA) is 42.0 Å². The van der Waals surface area contributed by atoms with Gasteiger partial charge in [0.25, 0.3) is 5.91 Å². The van der Waals surface area contributed by atoms with Crippen molar-refractivity contribution in [2.45, 2.75) is 40.0 Å². The molecular formula is C28H28N2O. The van der Waals surface area contributed by atoms with Crippen molar-refractivity contribution in [1.82, 2.24) is 4.98 Å². The van der Waals surface area contributed by atoms with Gasteiger partial charge in [-0.2, -0.15) is 0 Å². The molecule has 3 aromatic carbocycles. The Kier molecular flexibility index (Phi) is 6.13.